The zero-order valence-corrected chi connectivity index (χ0v) is 23.2. The van der Waals surface area contributed by atoms with E-state index in [0.717, 1.165) is 0 Å². The lowest BCUT2D eigenvalue weighted by Crippen LogP contribution is -2.56. The molecule has 2 saturated carbocycles. The Kier molecular flexibility index (Phi) is 6.78. The molecule has 0 aromatic rings. The van der Waals surface area contributed by atoms with Crippen molar-refractivity contribution in [2.75, 3.05) is 7.11 Å². The number of hydrogen-bond acceptors (Lipinski definition) is 7. The number of allylic oxidation sites excluding steroid dienone is 2. The minimum Gasteiger partial charge on any atom is -0.469 e. The maximum absolute atomic E-state index is 13.9. The van der Waals surface area contributed by atoms with Crippen molar-refractivity contribution in [2.45, 2.75) is 86.5 Å². The molecule has 202 valence electrons. The number of methoxy groups -OCH3 is 1. The van der Waals surface area contributed by atoms with Gasteiger partial charge in [-0.2, -0.15) is 0 Å². The summed E-state index contributed by atoms with van der Waals surface area (Å²) in [6.07, 6.45) is 1.70. The number of rotatable bonds is 6. The molecule has 7 atom stereocenters. The normalized spacial score (nSPS) is 36.5. The van der Waals surface area contributed by atoms with Gasteiger partial charge in [0.15, 0.2) is 11.6 Å². The van der Waals surface area contributed by atoms with Gasteiger partial charge in [0.1, 0.15) is 17.3 Å². The number of Topliss-reactive ketones (excluding diaryl/α,β-unsaturated/α-hetero) is 5. The minimum absolute atomic E-state index is 0.0312. The zero-order chi connectivity index (χ0) is 27.7. The first-order valence-electron chi connectivity index (χ1n) is 13.6. The first-order chi connectivity index (χ1) is 17.1. The van der Waals surface area contributed by atoms with Gasteiger partial charge in [0.2, 0.25) is 0 Å². The Hall–Kier alpha value is -2.44. The molecule has 4 aliphatic rings. The summed E-state index contributed by atoms with van der Waals surface area (Å²) in [7, 11) is 1.29. The summed E-state index contributed by atoms with van der Waals surface area (Å²) in [5.74, 6) is -2.53. The lowest BCUT2D eigenvalue weighted by Gasteiger charge is -2.56. The lowest BCUT2D eigenvalue weighted by molar-refractivity contribution is -0.146. The standard InChI is InChI=1S/C30H40O7/c1-15(10-17(31)11-16(2)27(36)37-7)18-12-20(33)25-24-19(32)13-22-28(3,4)23(35)8-9-29(22,5)26(24)21(34)14-30(18,25)6/h15-16,18,22,25H,8-14H2,1-7H3. The monoisotopic (exact) mass is 512 g/mol. The van der Waals surface area contributed by atoms with Crippen molar-refractivity contribution in [1.29, 1.82) is 0 Å². The molecule has 0 radical (unpaired) electrons. The first kappa shape index (κ1) is 27.6. The van der Waals surface area contributed by atoms with E-state index in [-0.39, 0.29) is 78.8 Å². The minimum atomic E-state index is -0.737. The van der Waals surface area contributed by atoms with E-state index in [0.29, 0.717) is 24.0 Å². The second-order valence-corrected chi connectivity index (χ2v) is 13.2. The molecule has 0 aromatic heterocycles. The van der Waals surface area contributed by atoms with E-state index >= 15 is 0 Å². The topological polar surface area (TPSA) is 112 Å². The maximum atomic E-state index is 13.9. The Morgan fingerprint density at radius 3 is 2.24 bits per heavy atom. The molecule has 0 aromatic carbocycles. The van der Waals surface area contributed by atoms with Crippen LogP contribution in [0.4, 0.5) is 0 Å². The van der Waals surface area contributed by atoms with Gasteiger partial charge < -0.3 is 4.74 Å². The van der Waals surface area contributed by atoms with E-state index in [2.05, 4.69) is 0 Å². The molecule has 0 saturated heterocycles. The van der Waals surface area contributed by atoms with E-state index in [1.807, 2.05) is 34.6 Å². The van der Waals surface area contributed by atoms with Crippen LogP contribution in [-0.2, 0) is 33.5 Å². The Morgan fingerprint density at radius 2 is 1.62 bits per heavy atom. The van der Waals surface area contributed by atoms with Gasteiger partial charge in [-0.3, -0.25) is 28.8 Å². The fourth-order valence-corrected chi connectivity index (χ4v) is 8.53. The molecule has 7 unspecified atom stereocenters. The summed E-state index contributed by atoms with van der Waals surface area (Å²) in [6, 6.07) is 0. The number of carbonyl (C=O) groups is 6. The van der Waals surface area contributed by atoms with Crippen LogP contribution in [0.2, 0.25) is 0 Å². The molecule has 37 heavy (non-hydrogen) atoms. The van der Waals surface area contributed by atoms with Crippen LogP contribution in [0, 0.1) is 45.8 Å². The molecular weight excluding hydrogens is 472 g/mol. The van der Waals surface area contributed by atoms with Gasteiger partial charge in [-0.1, -0.05) is 41.5 Å². The third-order valence-electron chi connectivity index (χ3n) is 10.5. The van der Waals surface area contributed by atoms with Crippen molar-refractivity contribution >= 4 is 34.9 Å². The van der Waals surface area contributed by atoms with E-state index in [9.17, 15) is 28.8 Å². The van der Waals surface area contributed by atoms with Crippen molar-refractivity contribution in [3.8, 4) is 0 Å². The maximum Gasteiger partial charge on any atom is 0.308 e. The van der Waals surface area contributed by atoms with Gasteiger partial charge in [-0.15, -0.1) is 0 Å². The quantitative estimate of drug-likeness (QED) is 0.489. The molecule has 2 fully saturated rings. The number of ether oxygens (including phenoxy) is 1. The van der Waals surface area contributed by atoms with Crippen molar-refractivity contribution in [2.24, 2.45) is 45.8 Å². The number of carbonyl (C=O) groups excluding carboxylic acids is 6. The first-order valence-corrected chi connectivity index (χ1v) is 13.6. The average molecular weight is 513 g/mol. The second kappa shape index (κ2) is 9.09. The second-order valence-electron chi connectivity index (χ2n) is 13.2. The SMILES string of the molecule is COC(=O)C(C)CC(=O)CC(C)C1CC(=O)C2C3=C(C(=O)CC21C)C1(C)CCC(=O)C(C)(C)C1CC3=O. The van der Waals surface area contributed by atoms with Crippen molar-refractivity contribution in [3.63, 3.8) is 0 Å². The van der Waals surface area contributed by atoms with Crippen LogP contribution in [0.3, 0.4) is 0 Å². The average Bonchev–Trinajstić information content (AvgIpc) is 3.07. The Balaban J connectivity index is 1.67. The third-order valence-corrected chi connectivity index (χ3v) is 10.5. The summed E-state index contributed by atoms with van der Waals surface area (Å²) in [5, 5.41) is 0. The molecule has 4 aliphatic carbocycles. The fourth-order valence-electron chi connectivity index (χ4n) is 8.53. The van der Waals surface area contributed by atoms with Gasteiger partial charge in [0.25, 0.3) is 0 Å². The molecule has 0 aliphatic heterocycles. The van der Waals surface area contributed by atoms with Crippen molar-refractivity contribution < 1.29 is 33.5 Å². The molecule has 4 rings (SSSR count). The molecule has 0 heterocycles. The van der Waals surface area contributed by atoms with E-state index in [1.54, 1.807) is 6.92 Å². The van der Waals surface area contributed by atoms with Gasteiger partial charge in [-0.05, 0) is 29.6 Å². The molecule has 7 nitrogen and oxygen atoms in total. The van der Waals surface area contributed by atoms with Gasteiger partial charge >= 0.3 is 5.97 Å². The highest BCUT2D eigenvalue weighted by atomic mass is 16.5. The zero-order valence-electron chi connectivity index (χ0n) is 23.2. The fraction of sp³-hybridized carbons (Fsp3) is 0.733. The number of fused-ring (bicyclic) bond motifs is 4. The molecular formula is C30H40O7. The third kappa shape index (κ3) is 4.08. The smallest absolute Gasteiger partial charge is 0.308 e. The summed E-state index contributed by atoms with van der Waals surface area (Å²) in [6.45, 7) is 11.3. The van der Waals surface area contributed by atoms with Crippen molar-refractivity contribution in [1.82, 2.24) is 0 Å². The largest absolute Gasteiger partial charge is 0.469 e. The van der Waals surface area contributed by atoms with Crippen molar-refractivity contribution in [3.05, 3.63) is 11.1 Å². The van der Waals surface area contributed by atoms with Crippen LogP contribution < -0.4 is 0 Å². The molecule has 0 spiro atoms. The highest BCUT2D eigenvalue weighted by molar-refractivity contribution is 6.15. The Morgan fingerprint density at radius 1 is 0.973 bits per heavy atom. The van der Waals surface area contributed by atoms with Crippen LogP contribution in [-0.4, -0.2) is 42.0 Å². The van der Waals surface area contributed by atoms with Gasteiger partial charge in [-0.25, -0.2) is 0 Å². The summed E-state index contributed by atoms with van der Waals surface area (Å²) in [4.78, 5) is 78.4. The van der Waals surface area contributed by atoms with E-state index in [1.165, 1.54) is 7.11 Å². The van der Waals surface area contributed by atoms with Crippen LogP contribution >= 0.6 is 0 Å². The van der Waals surface area contributed by atoms with Gasteiger partial charge in [0, 0.05) is 60.5 Å². The summed E-state index contributed by atoms with van der Waals surface area (Å²) >= 11 is 0. The van der Waals surface area contributed by atoms with E-state index in [4.69, 9.17) is 4.74 Å². The van der Waals surface area contributed by atoms with E-state index < -0.39 is 34.1 Å². The molecule has 0 N–H and O–H groups in total. The predicted octanol–water partition coefficient (Wildman–Crippen LogP) is 4.25. The highest BCUT2D eigenvalue weighted by Gasteiger charge is 2.65. The van der Waals surface area contributed by atoms with Crippen LogP contribution in [0.15, 0.2) is 11.1 Å². The van der Waals surface area contributed by atoms with Gasteiger partial charge in [0.05, 0.1) is 18.9 Å². The lowest BCUT2D eigenvalue weighted by atomic mass is 9.45. The molecule has 0 bridgehead atoms. The van der Waals surface area contributed by atoms with Crippen LogP contribution in [0.25, 0.3) is 0 Å². The Bertz CT molecular complexity index is 1130. The molecule has 7 heteroatoms. The number of hydrogen-bond donors (Lipinski definition) is 0. The number of ketones is 5. The van der Waals surface area contributed by atoms with Crippen LogP contribution in [0.5, 0.6) is 0 Å². The molecule has 0 amide bonds. The highest BCUT2D eigenvalue weighted by Crippen LogP contribution is 2.65. The van der Waals surface area contributed by atoms with Crippen LogP contribution in [0.1, 0.15) is 86.5 Å². The number of esters is 1. The summed E-state index contributed by atoms with van der Waals surface area (Å²) < 4.78 is 4.73. The Labute approximate surface area is 219 Å². The summed E-state index contributed by atoms with van der Waals surface area (Å²) in [5.41, 5.74) is -1.15. The predicted molar refractivity (Wildman–Crippen MR) is 135 cm³/mol.